The van der Waals surface area contributed by atoms with Crippen molar-refractivity contribution in [3.05, 3.63) is 0 Å². The molecule has 0 spiro atoms. The molecule has 0 aromatic rings. The van der Waals surface area contributed by atoms with Crippen LogP contribution in [0.2, 0.25) is 0 Å². The Hall–Kier alpha value is -1.26. The van der Waals surface area contributed by atoms with Gasteiger partial charge < -0.3 is 15.8 Å². The third-order valence-corrected chi connectivity index (χ3v) is 3.39. The van der Waals surface area contributed by atoms with E-state index < -0.39 is 0 Å². The SMILES string of the molecule is CCCC(C)C(=O)N1CCCCC1C(N)=NO. The first kappa shape index (κ1) is 13.8. The lowest BCUT2D eigenvalue weighted by molar-refractivity contribution is -0.137. The van der Waals surface area contributed by atoms with E-state index >= 15 is 0 Å². The number of oxime groups is 1. The fourth-order valence-electron chi connectivity index (χ4n) is 2.41. The Morgan fingerprint density at radius 3 is 2.88 bits per heavy atom. The zero-order valence-electron chi connectivity index (χ0n) is 10.7. The molecule has 1 heterocycles. The Labute approximate surface area is 103 Å². The van der Waals surface area contributed by atoms with Gasteiger partial charge in [-0.1, -0.05) is 25.4 Å². The third kappa shape index (κ3) is 3.35. The van der Waals surface area contributed by atoms with Crippen LogP contribution in [0.25, 0.3) is 0 Å². The molecule has 3 N–H and O–H groups in total. The van der Waals surface area contributed by atoms with Gasteiger partial charge in [-0.05, 0) is 25.7 Å². The first-order chi connectivity index (χ1) is 8.11. The number of rotatable bonds is 4. The van der Waals surface area contributed by atoms with Crippen LogP contribution in [-0.4, -0.2) is 34.4 Å². The lowest BCUT2D eigenvalue weighted by atomic mass is 9.97. The number of hydrogen-bond donors (Lipinski definition) is 2. The molecule has 0 radical (unpaired) electrons. The van der Waals surface area contributed by atoms with Crippen LogP contribution in [0.5, 0.6) is 0 Å². The van der Waals surface area contributed by atoms with Gasteiger partial charge in [-0.15, -0.1) is 0 Å². The highest BCUT2D eigenvalue weighted by Crippen LogP contribution is 2.21. The second-order valence-corrected chi connectivity index (χ2v) is 4.76. The first-order valence-corrected chi connectivity index (χ1v) is 6.39. The molecule has 0 aromatic carbocycles. The van der Waals surface area contributed by atoms with Crippen molar-refractivity contribution in [2.45, 2.75) is 52.0 Å². The average Bonchev–Trinajstić information content (AvgIpc) is 2.37. The molecular weight excluding hydrogens is 218 g/mol. The van der Waals surface area contributed by atoms with Gasteiger partial charge in [0.05, 0.1) is 6.04 Å². The lowest BCUT2D eigenvalue weighted by Crippen LogP contribution is -2.52. The minimum absolute atomic E-state index is 0.0205. The van der Waals surface area contributed by atoms with Gasteiger partial charge >= 0.3 is 0 Å². The molecule has 1 fully saturated rings. The Kier molecular flexibility index (Phi) is 5.25. The molecular formula is C12H23N3O2. The largest absolute Gasteiger partial charge is 0.409 e. The lowest BCUT2D eigenvalue weighted by Gasteiger charge is -2.36. The number of amidine groups is 1. The molecule has 1 aliphatic heterocycles. The molecule has 98 valence electrons. The van der Waals surface area contributed by atoms with Crippen LogP contribution >= 0.6 is 0 Å². The van der Waals surface area contributed by atoms with Gasteiger partial charge in [-0.25, -0.2) is 0 Å². The van der Waals surface area contributed by atoms with Crippen molar-refractivity contribution in [1.29, 1.82) is 0 Å². The zero-order valence-corrected chi connectivity index (χ0v) is 10.7. The first-order valence-electron chi connectivity index (χ1n) is 6.39. The van der Waals surface area contributed by atoms with E-state index in [1.54, 1.807) is 4.90 Å². The highest BCUT2D eigenvalue weighted by atomic mass is 16.4. The summed E-state index contributed by atoms with van der Waals surface area (Å²) in [6.07, 6.45) is 4.69. The molecule has 1 amide bonds. The monoisotopic (exact) mass is 241 g/mol. The molecule has 17 heavy (non-hydrogen) atoms. The van der Waals surface area contributed by atoms with Crippen molar-refractivity contribution in [3.8, 4) is 0 Å². The number of nitrogens with zero attached hydrogens (tertiary/aromatic N) is 2. The van der Waals surface area contributed by atoms with Gasteiger partial charge in [0, 0.05) is 12.5 Å². The number of piperidine rings is 1. The summed E-state index contributed by atoms with van der Waals surface area (Å²) in [6, 6.07) is -0.222. The summed E-state index contributed by atoms with van der Waals surface area (Å²) in [4.78, 5) is 14.0. The van der Waals surface area contributed by atoms with E-state index in [1.165, 1.54) is 0 Å². The summed E-state index contributed by atoms with van der Waals surface area (Å²) in [7, 11) is 0. The fraction of sp³-hybridized carbons (Fsp3) is 0.833. The van der Waals surface area contributed by atoms with Crippen molar-refractivity contribution in [2.75, 3.05) is 6.54 Å². The van der Waals surface area contributed by atoms with Gasteiger partial charge in [0.15, 0.2) is 5.84 Å². The highest BCUT2D eigenvalue weighted by Gasteiger charge is 2.31. The molecule has 0 bridgehead atoms. The number of carbonyl (C=O) groups is 1. The van der Waals surface area contributed by atoms with E-state index in [1.807, 2.05) is 6.92 Å². The molecule has 5 heteroatoms. The number of nitrogens with two attached hydrogens (primary N) is 1. The second kappa shape index (κ2) is 6.47. The van der Waals surface area contributed by atoms with E-state index in [9.17, 15) is 4.79 Å². The van der Waals surface area contributed by atoms with Crippen LogP contribution in [0.15, 0.2) is 5.16 Å². The summed E-state index contributed by atoms with van der Waals surface area (Å²) in [6.45, 7) is 4.73. The van der Waals surface area contributed by atoms with Gasteiger partial charge in [-0.2, -0.15) is 0 Å². The maximum absolute atomic E-state index is 12.3. The predicted octanol–water partition coefficient (Wildman–Crippen LogP) is 1.55. The maximum atomic E-state index is 12.3. The van der Waals surface area contributed by atoms with Crippen molar-refractivity contribution < 1.29 is 10.0 Å². The Bertz CT molecular complexity index is 291. The van der Waals surface area contributed by atoms with Crippen LogP contribution in [0.3, 0.4) is 0 Å². The Balaban J connectivity index is 2.74. The topological polar surface area (TPSA) is 78.9 Å². The third-order valence-electron chi connectivity index (χ3n) is 3.39. The van der Waals surface area contributed by atoms with Crippen LogP contribution < -0.4 is 5.73 Å². The van der Waals surface area contributed by atoms with E-state index in [0.717, 1.165) is 32.1 Å². The molecule has 1 aliphatic rings. The summed E-state index contributed by atoms with van der Waals surface area (Å²) < 4.78 is 0. The standard InChI is InChI=1S/C12H23N3O2/c1-3-6-9(2)12(16)15-8-5-4-7-10(15)11(13)14-17/h9-10,17H,3-8H2,1-2H3,(H2,13,14). The van der Waals surface area contributed by atoms with Gasteiger partial charge in [0.1, 0.15) is 0 Å². The van der Waals surface area contributed by atoms with Gasteiger partial charge in [0.25, 0.3) is 0 Å². The average molecular weight is 241 g/mol. The number of hydrogen-bond acceptors (Lipinski definition) is 3. The zero-order chi connectivity index (χ0) is 12.8. The molecule has 5 nitrogen and oxygen atoms in total. The van der Waals surface area contributed by atoms with Crippen molar-refractivity contribution in [1.82, 2.24) is 4.90 Å². The fourth-order valence-corrected chi connectivity index (χ4v) is 2.41. The Morgan fingerprint density at radius 2 is 2.29 bits per heavy atom. The normalized spacial score (nSPS) is 23.5. The van der Waals surface area contributed by atoms with Crippen molar-refractivity contribution in [3.63, 3.8) is 0 Å². The van der Waals surface area contributed by atoms with Crippen LogP contribution in [-0.2, 0) is 4.79 Å². The van der Waals surface area contributed by atoms with Crippen LogP contribution in [0.4, 0.5) is 0 Å². The summed E-state index contributed by atoms with van der Waals surface area (Å²) in [5.41, 5.74) is 5.66. The number of carbonyl (C=O) groups excluding carboxylic acids is 1. The van der Waals surface area contributed by atoms with E-state index in [0.29, 0.717) is 6.54 Å². The maximum Gasteiger partial charge on any atom is 0.226 e. The van der Waals surface area contributed by atoms with E-state index in [4.69, 9.17) is 10.9 Å². The van der Waals surface area contributed by atoms with Gasteiger partial charge in [-0.3, -0.25) is 4.79 Å². The number of likely N-dealkylation sites (tertiary alicyclic amines) is 1. The smallest absolute Gasteiger partial charge is 0.226 e. The van der Waals surface area contributed by atoms with Gasteiger partial charge in [0.2, 0.25) is 5.91 Å². The molecule has 0 aliphatic carbocycles. The molecule has 1 rings (SSSR count). The van der Waals surface area contributed by atoms with E-state index in [-0.39, 0.29) is 23.7 Å². The number of amides is 1. The summed E-state index contributed by atoms with van der Waals surface area (Å²) >= 11 is 0. The molecule has 0 saturated carbocycles. The minimum atomic E-state index is -0.222. The van der Waals surface area contributed by atoms with Crippen LogP contribution in [0, 0.1) is 5.92 Å². The molecule has 2 atom stereocenters. The molecule has 2 unspecified atom stereocenters. The molecule has 1 saturated heterocycles. The van der Waals surface area contributed by atoms with Crippen molar-refractivity contribution >= 4 is 11.7 Å². The van der Waals surface area contributed by atoms with E-state index in [2.05, 4.69) is 12.1 Å². The second-order valence-electron chi connectivity index (χ2n) is 4.76. The highest BCUT2D eigenvalue weighted by molar-refractivity contribution is 5.90. The Morgan fingerprint density at radius 1 is 1.59 bits per heavy atom. The minimum Gasteiger partial charge on any atom is -0.409 e. The summed E-state index contributed by atoms with van der Waals surface area (Å²) in [5.74, 6) is 0.303. The molecule has 0 aromatic heterocycles. The quantitative estimate of drug-likeness (QED) is 0.339. The summed E-state index contributed by atoms with van der Waals surface area (Å²) in [5, 5.41) is 11.8. The van der Waals surface area contributed by atoms with Crippen molar-refractivity contribution in [2.24, 2.45) is 16.8 Å². The predicted molar refractivity (Wildman–Crippen MR) is 66.8 cm³/mol. The van der Waals surface area contributed by atoms with Crippen LogP contribution in [0.1, 0.15) is 46.0 Å².